The number of methoxy groups -OCH3 is 1. The molecule has 0 aliphatic heterocycles. The predicted octanol–water partition coefficient (Wildman–Crippen LogP) is 5.08. The third-order valence-electron chi connectivity index (χ3n) is 3.72. The van der Waals surface area contributed by atoms with E-state index in [0.717, 1.165) is 7.11 Å². The molecular formula is C20H29F2NO4. The normalized spacial score (nSPS) is 12.0. The molecule has 0 amide bonds. The summed E-state index contributed by atoms with van der Waals surface area (Å²) >= 11 is 0. The van der Waals surface area contributed by atoms with E-state index in [1.165, 1.54) is 0 Å². The van der Waals surface area contributed by atoms with Crippen LogP contribution in [-0.4, -0.2) is 29.6 Å². The highest BCUT2D eigenvalue weighted by atomic mass is 19.3. The highest BCUT2D eigenvalue weighted by Crippen LogP contribution is 2.34. The summed E-state index contributed by atoms with van der Waals surface area (Å²) in [7, 11) is 1.11. The Labute approximate surface area is 159 Å². The van der Waals surface area contributed by atoms with Crippen LogP contribution in [0.4, 0.5) is 8.78 Å². The molecule has 0 unspecified atom stereocenters. The second-order valence-corrected chi connectivity index (χ2v) is 8.16. The first-order valence-electron chi connectivity index (χ1n) is 8.96. The van der Waals surface area contributed by atoms with Gasteiger partial charge in [-0.05, 0) is 44.6 Å². The van der Waals surface area contributed by atoms with Crippen LogP contribution >= 0.6 is 0 Å². The Morgan fingerprint density at radius 1 is 1.00 bits per heavy atom. The van der Waals surface area contributed by atoms with E-state index in [2.05, 4.69) is 4.98 Å². The van der Waals surface area contributed by atoms with E-state index in [4.69, 9.17) is 9.47 Å². The first kappa shape index (κ1) is 23.0. The molecule has 0 N–H and O–H groups in total. The van der Waals surface area contributed by atoms with Crippen molar-refractivity contribution in [3.63, 3.8) is 0 Å². The lowest BCUT2D eigenvalue weighted by Crippen LogP contribution is -2.28. The molecule has 0 saturated heterocycles. The molecular weight excluding hydrogens is 356 g/mol. The van der Waals surface area contributed by atoms with Crippen LogP contribution in [0.15, 0.2) is 0 Å². The number of aromatic nitrogens is 1. The van der Waals surface area contributed by atoms with Crippen LogP contribution in [-0.2, 0) is 15.9 Å². The van der Waals surface area contributed by atoms with Gasteiger partial charge in [0.05, 0.1) is 23.9 Å². The zero-order chi connectivity index (χ0) is 21.1. The summed E-state index contributed by atoms with van der Waals surface area (Å²) < 4.78 is 37.6. The maximum Gasteiger partial charge on any atom is 0.340 e. The first-order valence-corrected chi connectivity index (χ1v) is 8.96. The van der Waals surface area contributed by atoms with Crippen molar-refractivity contribution < 1.29 is 27.8 Å². The molecule has 0 radical (unpaired) electrons. The highest BCUT2D eigenvalue weighted by Gasteiger charge is 2.34. The maximum atomic E-state index is 13.7. The summed E-state index contributed by atoms with van der Waals surface area (Å²) in [6.07, 6.45) is -2.74. The molecule has 27 heavy (non-hydrogen) atoms. The Hall–Kier alpha value is -2.05. The van der Waals surface area contributed by atoms with Gasteiger partial charge in [-0.25, -0.2) is 23.4 Å². The van der Waals surface area contributed by atoms with E-state index in [0.29, 0.717) is 0 Å². The van der Waals surface area contributed by atoms with Gasteiger partial charge in [0.2, 0.25) is 0 Å². The SMILES string of the molecule is COC(=O)c1c(C(F)F)nc(C(C)C)c(C(=O)OC(C)(C)C)c1CC(C)C. The number of rotatable bonds is 6. The molecule has 1 aromatic rings. The molecule has 1 rings (SSSR count). The van der Waals surface area contributed by atoms with Crippen LogP contribution < -0.4 is 0 Å². The quantitative estimate of drug-likeness (QED) is 0.639. The van der Waals surface area contributed by atoms with Crippen molar-refractivity contribution in [3.8, 4) is 0 Å². The Morgan fingerprint density at radius 3 is 1.89 bits per heavy atom. The summed E-state index contributed by atoms with van der Waals surface area (Å²) in [5.74, 6) is -1.93. The number of halogens is 2. The number of hydrogen-bond donors (Lipinski definition) is 0. The van der Waals surface area contributed by atoms with E-state index in [9.17, 15) is 18.4 Å². The van der Waals surface area contributed by atoms with E-state index in [1.54, 1.807) is 34.6 Å². The molecule has 0 aromatic carbocycles. The smallest absolute Gasteiger partial charge is 0.340 e. The fraction of sp³-hybridized carbons (Fsp3) is 0.650. The largest absolute Gasteiger partial charge is 0.465 e. The summed E-state index contributed by atoms with van der Waals surface area (Å²) in [6.45, 7) is 12.4. The van der Waals surface area contributed by atoms with Gasteiger partial charge in [0.15, 0.2) is 0 Å². The molecule has 0 aliphatic carbocycles. The van der Waals surface area contributed by atoms with Crippen molar-refractivity contribution in [3.05, 3.63) is 28.1 Å². The van der Waals surface area contributed by atoms with Crippen LogP contribution in [0.1, 0.15) is 98.5 Å². The molecule has 0 bridgehead atoms. The molecule has 0 saturated carbocycles. The number of esters is 2. The van der Waals surface area contributed by atoms with E-state index < -0.39 is 29.7 Å². The maximum absolute atomic E-state index is 13.7. The molecule has 7 heteroatoms. The number of pyridine rings is 1. The van der Waals surface area contributed by atoms with Crippen LogP contribution in [0.3, 0.4) is 0 Å². The summed E-state index contributed by atoms with van der Waals surface area (Å²) in [5.41, 5.74) is -1.30. The first-order chi connectivity index (χ1) is 12.3. The lowest BCUT2D eigenvalue weighted by atomic mass is 9.88. The summed E-state index contributed by atoms with van der Waals surface area (Å²) in [6, 6.07) is 0. The number of carbonyl (C=O) groups excluding carboxylic acids is 2. The third-order valence-corrected chi connectivity index (χ3v) is 3.72. The zero-order valence-electron chi connectivity index (χ0n) is 17.3. The Bertz CT molecular complexity index is 707. The summed E-state index contributed by atoms with van der Waals surface area (Å²) in [5, 5.41) is 0. The number of hydrogen-bond acceptors (Lipinski definition) is 5. The van der Waals surface area contributed by atoms with Gasteiger partial charge in [-0.15, -0.1) is 0 Å². The molecule has 0 fully saturated rings. The van der Waals surface area contributed by atoms with Gasteiger partial charge in [-0.1, -0.05) is 27.7 Å². The molecule has 0 spiro atoms. The average molecular weight is 385 g/mol. The minimum Gasteiger partial charge on any atom is -0.465 e. The molecule has 152 valence electrons. The zero-order valence-corrected chi connectivity index (χ0v) is 17.3. The lowest BCUT2D eigenvalue weighted by molar-refractivity contribution is 0.00653. The Balaban J connectivity index is 3.94. The Kier molecular flexibility index (Phi) is 7.46. The summed E-state index contributed by atoms with van der Waals surface area (Å²) in [4.78, 5) is 29.3. The number of nitrogens with zero attached hydrogens (tertiary/aromatic N) is 1. The van der Waals surface area contributed by atoms with Gasteiger partial charge in [0.1, 0.15) is 11.3 Å². The number of carbonyl (C=O) groups is 2. The minimum atomic E-state index is -2.98. The minimum absolute atomic E-state index is 0.00234. The van der Waals surface area contributed by atoms with Gasteiger partial charge in [0.25, 0.3) is 6.43 Å². The van der Waals surface area contributed by atoms with Crippen molar-refractivity contribution >= 4 is 11.9 Å². The molecule has 1 heterocycles. The average Bonchev–Trinajstić information content (AvgIpc) is 2.50. The molecule has 0 atom stereocenters. The van der Waals surface area contributed by atoms with Gasteiger partial charge < -0.3 is 9.47 Å². The van der Waals surface area contributed by atoms with Crippen LogP contribution in [0, 0.1) is 5.92 Å². The van der Waals surface area contributed by atoms with E-state index in [-0.39, 0.29) is 40.6 Å². The fourth-order valence-corrected chi connectivity index (χ4v) is 2.75. The van der Waals surface area contributed by atoms with Crippen LogP contribution in [0.2, 0.25) is 0 Å². The van der Waals surface area contributed by atoms with Crippen molar-refractivity contribution in [2.24, 2.45) is 5.92 Å². The van der Waals surface area contributed by atoms with E-state index in [1.807, 2.05) is 13.8 Å². The van der Waals surface area contributed by atoms with Gasteiger partial charge in [-0.3, -0.25) is 0 Å². The predicted molar refractivity (Wildman–Crippen MR) is 98.3 cm³/mol. The monoisotopic (exact) mass is 385 g/mol. The highest BCUT2D eigenvalue weighted by molar-refractivity contribution is 5.99. The number of alkyl halides is 2. The fourth-order valence-electron chi connectivity index (χ4n) is 2.75. The Morgan fingerprint density at radius 2 is 1.52 bits per heavy atom. The number of ether oxygens (including phenoxy) is 2. The molecule has 1 aromatic heterocycles. The van der Waals surface area contributed by atoms with Gasteiger partial charge in [-0.2, -0.15) is 0 Å². The lowest BCUT2D eigenvalue weighted by Gasteiger charge is -2.25. The molecule has 0 aliphatic rings. The second-order valence-electron chi connectivity index (χ2n) is 8.16. The van der Waals surface area contributed by atoms with Crippen molar-refractivity contribution in [1.82, 2.24) is 4.98 Å². The van der Waals surface area contributed by atoms with Crippen LogP contribution in [0.5, 0.6) is 0 Å². The van der Waals surface area contributed by atoms with Gasteiger partial charge in [0, 0.05) is 0 Å². The third kappa shape index (κ3) is 5.71. The van der Waals surface area contributed by atoms with Gasteiger partial charge >= 0.3 is 11.9 Å². The van der Waals surface area contributed by atoms with Crippen molar-refractivity contribution in [2.75, 3.05) is 7.11 Å². The standard InChI is InChI=1S/C20H29F2NO4/c1-10(2)9-12-13(19(25)27-20(5,6)7)15(11(3)4)23-16(17(21)22)14(12)18(24)26-8/h10-11,17H,9H2,1-8H3. The molecule has 5 nitrogen and oxygen atoms in total. The van der Waals surface area contributed by atoms with E-state index >= 15 is 0 Å². The topological polar surface area (TPSA) is 65.5 Å². The van der Waals surface area contributed by atoms with Crippen LogP contribution in [0.25, 0.3) is 0 Å². The van der Waals surface area contributed by atoms with Crippen molar-refractivity contribution in [1.29, 1.82) is 0 Å². The second kappa shape index (κ2) is 8.76. The van der Waals surface area contributed by atoms with Crippen molar-refractivity contribution in [2.45, 2.75) is 72.8 Å².